The van der Waals surface area contributed by atoms with Crippen molar-refractivity contribution >= 4 is 0 Å². The normalized spacial score (nSPS) is 9.09. The molecule has 11 heavy (non-hydrogen) atoms. The van der Waals surface area contributed by atoms with Gasteiger partial charge in [-0.1, -0.05) is 0 Å². The van der Waals surface area contributed by atoms with Crippen LogP contribution >= 0.6 is 0 Å². The Morgan fingerprint density at radius 2 is 1.91 bits per heavy atom. The van der Waals surface area contributed by atoms with Gasteiger partial charge in [0, 0.05) is 0 Å². The van der Waals surface area contributed by atoms with Crippen molar-refractivity contribution in [2.24, 2.45) is 0 Å². The molecule has 0 aliphatic rings. The van der Waals surface area contributed by atoms with Gasteiger partial charge in [0.25, 0.3) is 0 Å². The van der Waals surface area contributed by atoms with Gasteiger partial charge in [0.1, 0.15) is 0 Å². The average Bonchev–Trinajstić information content (AvgIpc) is 1.94. The first-order valence-electron chi connectivity index (χ1n) is 2.97. The zero-order valence-electron chi connectivity index (χ0n) is 5.78. The van der Waals surface area contributed by atoms with Gasteiger partial charge >= 0.3 is 67.5 Å². The van der Waals surface area contributed by atoms with Gasteiger partial charge in [-0.15, -0.1) is 0 Å². The van der Waals surface area contributed by atoms with Crippen LogP contribution in [-0.2, 0) is 23.3 Å². The Morgan fingerprint density at radius 1 is 1.27 bits per heavy atom. The predicted octanol–water partition coefficient (Wildman–Crippen LogP) is -0.984. The number of halogens is 3. The van der Waals surface area contributed by atoms with Gasteiger partial charge in [0.15, 0.2) is 0 Å². The van der Waals surface area contributed by atoms with Crippen LogP contribution in [-0.4, -0.2) is 0 Å². The minimum absolute atomic E-state index is 0. The molecule has 56 valence electrons. The molecule has 0 atom stereocenters. The first-order valence-corrected chi connectivity index (χ1v) is 5.07. The first kappa shape index (κ1) is 11.2. The second-order valence-electron chi connectivity index (χ2n) is 1.99. The van der Waals surface area contributed by atoms with E-state index in [1.165, 1.54) is 12.1 Å². The molecule has 0 unspecified atom stereocenters. The minimum atomic E-state index is -0.357. The maximum absolute atomic E-state index is 12.6. The van der Waals surface area contributed by atoms with E-state index in [4.69, 9.17) is 0 Å². The Labute approximate surface area is 84.4 Å². The molecule has 0 radical (unpaired) electrons. The van der Waals surface area contributed by atoms with E-state index in [-0.39, 0.29) is 28.6 Å². The van der Waals surface area contributed by atoms with Crippen molar-refractivity contribution in [1.82, 2.24) is 0 Å². The van der Waals surface area contributed by atoms with E-state index in [1.54, 1.807) is 0 Å². The Balaban J connectivity index is 0.000001000. The molecule has 0 spiro atoms. The molecule has 1 aromatic rings. The smallest absolute Gasteiger partial charge is 1.00 e. The van der Waals surface area contributed by atoms with Gasteiger partial charge in [0.2, 0.25) is 0 Å². The largest absolute Gasteiger partial charge is 1.00 e. The van der Waals surface area contributed by atoms with Crippen LogP contribution in [0.1, 0.15) is 5.56 Å². The second kappa shape index (κ2) is 4.94. The Kier molecular flexibility index (Phi) is 5.02. The van der Waals surface area contributed by atoms with Crippen LogP contribution in [0.25, 0.3) is 0 Å². The van der Waals surface area contributed by atoms with E-state index in [0.717, 1.165) is 24.4 Å². The third-order valence-corrected chi connectivity index (χ3v) is 2.41. The Hall–Kier alpha value is 0.183. The molecule has 0 bridgehead atoms. The molecular weight excluding hydrogens is 267 g/mol. The summed E-state index contributed by atoms with van der Waals surface area (Å²) in [5.74, 6) is -0.655. The quantitative estimate of drug-likeness (QED) is 0.576. The molecule has 1 rings (SSSR count). The van der Waals surface area contributed by atoms with E-state index in [2.05, 4.69) is 0 Å². The molecule has 0 aliphatic heterocycles. The van der Waals surface area contributed by atoms with Crippen molar-refractivity contribution in [2.75, 3.05) is 0 Å². The zero-order valence-corrected chi connectivity index (χ0v) is 10.3. The Morgan fingerprint density at radius 3 is 2.36 bits per heavy atom. The molecule has 0 amide bonds. The summed E-state index contributed by atoms with van der Waals surface area (Å²) < 4.78 is 25.0. The summed E-state index contributed by atoms with van der Waals surface area (Å²) in [5, 5.41) is 0.656. The van der Waals surface area contributed by atoms with Crippen LogP contribution < -0.4 is 17.0 Å². The van der Waals surface area contributed by atoms with Gasteiger partial charge in [-0.3, -0.25) is 0 Å². The van der Waals surface area contributed by atoms with Crippen LogP contribution in [0.5, 0.6) is 0 Å². The van der Waals surface area contributed by atoms with E-state index in [9.17, 15) is 8.78 Å². The number of hydrogen-bond acceptors (Lipinski definition) is 0. The molecule has 0 aliphatic carbocycles. The summed E-state index contributed by atoms with van der Waals surface area (Å²) in [4.78, 5) is 0. The van der Waals surface area contributed by atoms with Crippen LogP contribution in [0.2, 0.25) is 0 Å². The Bertz CT molecular complexity index is 240. The number of benzene rings is 1. The molecule has 1 aromatic carbocycles. The standard InChI is InChI=1S/C7H5F2.BrH.Zn/c1-5-4-6(8)2-3-7(5)9;;/h2-4H,1H2;1H;/q;;+1/p-1. The molecule has 4 heteroatoms. The van der Waals surface area contributed by atoms with Gasteiger partial charge in [-0.05, 0) is 0 Å². The molecular formula is C7H5BrF2Zn. The molecule has 0 heterocycles. The van der Waals surface area contributed by atoms with Crippen molar-refractivity contribution in [2.45, 2.75) is 5.02 Å². The summed E-state index contributed by atoms with van der Waals surface area (Å²) in [6, 6.07) is 3.55. The van der Waals surface area contributed by atoms with Crippen LogP contribution in [0.4, 0.5) is 8.78 Å². The monoisotopic (exact) mass is 270 g/mol. The SMILES string of the molecule is Fc1ccc(F)c([CH2][Zn+])c1.[Br-]. The third-order valence-electron chi connectivity index (χ3n) is 1.28. The number of rotatable bonds is 1. The van der Waals surface area contributed by atoms with Crippen LogP contribution in [0.3, 0.4) is 0 Å². The fourth-order valence-electron chi connectivity index (χ4n) is 0.735. The van der Waals surface area contributed by atoms with Crippen molar-refractivity contribution in [1.29, 1.82) is 0 Å². The van der Waals surface area contributed by atoms with Crippen LogP contribution in [0.15, 0.2) is 18.2 Å². The first-order chi connectivity index (χ1) is 4.74. The summed E-state index contributed by atoms with van der Waals surface area (Å²) in [6.07, 6.45) is 0. The average molecular weight is 272 g/mol. The summed E-state index contributed by atoms with van der Waals surface area (Å²) in [5.41, 5.74) is 0.486. The number of hydrogen-bond donors (Lipinski definition) is 0. The van der Waals surface area contributed by atoms with E-state index >= 15 is 0 Å². The van der Waals surface area contributed by atoms with Gasteiger partial charge in [-0.2, -0.15) is 0 Å². The van der Waals surface area contributed by atoms with E-state index < -0.39 is 0 Å². The van der Waals surface area contributed by atoms with Crippen molar-refractivity contribution < 1.29 is 44.1 Å². The van der Waals surface area contributed by atoms with Crippen LogP contribution in [0, 0.1) is 11.6 Å². The van der Waals surface area contributed by atoms with Crippen molar-refractivity contribution in [3.63, 3.8) is 0 Å². The molecule has 0 saturated heterocycles. The minimum Gasteiger partial charge on any atom is -1.00 e. The van der Waals surface area contributed by atoms with Gasteiger partial charge in [0.05, 0.1) is 0 Å². The van der Waals surface area contributed by atoms with E-state index in [1.807, 2.05) is 0 Å². The van der Waals surface area contributed by atoms with Gasteiger partial charge < -0.3 is 17.0 Å². The second-order valence-corrected chi connectivity index (χ2v) is 3.03. The molecule has 0 aromatic heterocycles. The fraction of sp³-hybridized carbons (Fsp3) is 0.143. The molecule has 0 nitrogen and oxygen atoms in total. The topological polar surface area (TPSA) is 0 Å². The summed E-state index contributed by atoms with van der Waals surface area (Å²) in [7, 11) is 0. The predicted molar refractivity (Wildman–Crippen MR) is 30.1 cm³/mol. The van der Waals surface area contributed by atoms with Crippen molar-refractivity contribution in [3.8, 4) is 0 Å². The fourth-order valence-corrected chi connectivity index (χ4v) is 1.54. The molecule has 0 saturated carbocycles. The maximum Gasteiger partial charge on any atom is -1.00 e. The third kappa shape index (κ3) is 2.96. The summed E-state index contributed by atoms with van der Waals surface area (Å²) >= 11 is 0.959. The summed E-state index contributed by atoms with van der Waals surface area (Å²) in [6.45, 7) is 0. The van der Waals surface area contributed by atoms with Crippen molar-refractivity contribution in [3.05, 3.63) is 35.4 Å². The maximum atomic E-state index is 12.6. The van der Waals surface area contributed by atoms with Gasteiger partial charge in [-0.25, -0.2) is 0 Å². The molecule has 0 fully saturated rings. The molecule has 0 N–H and O–H groups in total. The van der Waals surface area contributed by atoms with E-state index in [0.29, 0.717) is 10.6 Å². The zero-order chi connectivity index (χ0) is 7.56.